The largest absolute Gasteiger partial charge is 0.497 e. The molecule has 5 atom stereocenters. The van der Waals surface area contributed by atoms with Crippen molar-refractivity contribution in [3.8, 4) is 17.1 Å². The number of fused-ring (bicyclic) bond motifs is 2. The molecule has 2 aromatic rings. The van der Waals surface area contributed by atoms with Gasteiger partial charge in [0.1, 0.15) is 5.75 Å². The average molecular weight is 416 g/mol. The minimum atomic E-state index is -0.300. The molecule has 2 fully saturated rings. The SMILES string of the molecule is COc1ccc(-c2nnc(SC(C)C(=O)NC(C)C3CC4CCC3C4)n2N)cc1. The van der Waals surface area contributed by atoms with Gasteiger partial charge in [0.05, 0.1) is 12.4 Å². The summed E-state index contributed by atoms with van der Waals surface area (Å²) in [7, 11) is 1.62. The van der Waals surface area contributed by atoms with Crippen LogP contribution in [0.2, 0.25) is 0 Å². The lowest BCUT2D eigenvalue weighted by atomic mass is 9.84. The highest BCUT2D eigenvalue weighted by molar-refractivity contribution is 8.00. The van der Waals surface area contributed by atoms with Crippen LogP contribution in [0.15, 0.2) is 29.4 Å². The molecular formula is C21H29N5O2S. The van der Waals surface area contributed by atoms with Crippen molar-refractivity contribution in [1.82, 2.24) is 20.2 Å². The highest BCUT2D eigenvalue weighted by Gasteiger charge is 2.42. The van der Waals surface area contributed by atoms with Crippen molar-refractivity contribution in [2.24, 2.45) is 17.8 Å². The van der Waals surface area contributed by atoms with Gasteiger partial charge in [-0.1, -0.05) is 18.2 Å². The summed E-state index contributed by atoms with van der Waals surface area (Å²) >= 11 is 1.33. The number of benzene rings is 1. The minimum Gasteiger partial charge on any atom is -0.497 e. The molecule has 1 aromatic heterocycles. The quantitative estimate of drug-likeness (QED) is 0.533. The maximum Gasteiger partial charge on any atom is 0.233 e. The Hall–Kier alpha value is -2.22. The Bertz CT molecular complexity index is 868. The smallest absolute Gasteiger partial charge is 0.233 e. The lowest BCUT2D eigenvalue weighted by molar-refractivity contribution is -0.121. The lowest BCUT2D eigenvalue weighted by Crippen LogP contribution is -2.43. The van der Waals surface area contributed by atoms with Crippen molar-refractivity contribution in [3.63, 3.8) is 0 Å². The number of hydrogen-bond donors (Lipinski definition) is 2. The molecule has 29 heavy (non-hydrogen) atoms. The maximum atomic E-state index is 12.7. The fourth-order valence-corrected chi connectivity index (χ4v) is 5.64. The van der Waals surface area contributed by atoms with E-state index in [1.54, 1.807) is 7.11 Å². The fraction of sp³-hybridized carbons (Fsp3) is 0.571. The number of carbonyl (C=O) groups is 1. The van der Waals surface area contributed by atoms with Gasteiger partial charge in [-0.25, -0.2) is 4.68 Å². The number of methoxy groups -OCH3 is 1. The number of amides is 1. The predicted molar refractivity (Wildman–Crippen MR) is 114 cm³/mol. The van der Waals surface area contributed by atoms with Gasteiger partial charge < -0.3 is 15.9 Å². The molecule has 2 bridgehead atoms. The number of ether oxygens (including phenoxy) is 1. The summed E-state index contributed by atoms with van der Waals surface area (Å²) < 4.78 is 6.62. The van der Waals surface area contributed by atoms with Gasteiger partial charge in [0, 0.05) is 11.6 Å². The molecule has 3 N–H and O–H groups in total. The normalized spacial score (nSPS) is 25.0. The highest BCUT2D eigenvalue weighted by Crippen LogP contribution is 2.49. The number of nitrogen functional groups attached to an aromatic ring is 1. The van der Waals surface area contributed by atoms with Crippen molar-refractivity contribution >= 4 is 17.7 Å². The number of nitrogens with zero attached hydrogens (tertiary/aromatic N) is 3. The van der Waals surface area contributed by atoms with Gasteiger partial charge in [0.15, 0.2) is 5.82 Å². The Morgan fingerprint density at radius 2 is 2.00 bits per heavy atom. The second kappa shape index (κ2) is 8.26. The summed E-state index contributed by atoms with van der Waals surface area (Å²) in [5.74, 6) is 9.84. The highest BCUT2D eigenvalue weighted by atomic mass is 32.2. The summed E-state index contributed by atoms with van der Waals surface area (Å²) in [6, 6.07) is 7.68. The van der Waals surface area contributed by atoms with Crippen LogP contribution in [0.1, 0.15) is 39.5 Å². The number of carbonyl (C=O) groups excluding carboxylic acids is 1. The third-order valence-corrected chi connectivity index (χ3v) is 7.53. The first-order chi connectivity index (χ1) is 14.0. The van der Waals surface area contributed by atoms with Crippen LogP contribution in [0.5, 0.6) is 5.75 Å². The first kappa shape index (κ1) is 20.1. The second-order valence-electron chi connectivity index (χ2n) is 8.30. The van der Waals surface area contributed by atoms with Gasteiger partial charge >= 0.3 is 0 Å². The van der Waals surface area contributed by atoms with E-state index in [9.17, 15) is 4.79 Å². The zero-order valence-electron chi connectivity index (χ0n) is 17.2. The zero-order chi connectivity index (χ0) is 20.5. The summed E-state index contributed by atoms with van der Waals surface area (Å²) in [4.78, 5) is 12.7. The zero-order valence-corrected chi connectivity index (χ0v) is 18.0. The van der Waals surface area contributed by atoms with Crippen molar-refractivity contribution in [1.29, 1.82) is 0 Å². The molecule has 0 radical (unpaired) electrons. The van der Waals surface area contributed by atoms with Crippen LogP contribution >= 0.6 is 11.8 Å². The number of hydrogen-bond acceptors (Lipinski definition) is 6. The molecule has 1 amide bonds. The molecular weight excluding hydrogens is 386 g/mol. The van der Waals surface area contributed by atoms with E-state index in [2.05, 4.69) is 22.4 Å². The molecule has 2 saturated carbocycles. The first-order valence-corrected chi connectivity index (χ1v) is 11.2. The van der Waals surface area contributed by atoms with E-state index in [1.165, 1.54) is 42.1 Å². The standard InChI is InChI=1S/C21H29N5O2S/c1-12(18-11-14-4-5-16(18)10-14)23-20(27)13(2)29-21-25-24-19(26(21)22)15-6-8-17(28-3)9-7-15/h6-9,12-14,16,18H,4-5,10-11,22H2,1-3H3,(H,23,27). The van der Waals surface area contributed by atoms with Crippen LogP contribution < -0.4 is 15.9 Å². The molecule has 4 rings (SSSR count). The molecule has 1 heterocycles. The van der Waals surface area contributed by atoms with E-state index in [1.807, 2.05) is 31.2 Å². The topological polar surface area (TPSA) is 95.1 Å². The maximum absolute atomic E-state index is 12.7. The van der Waals surface area contributed by atoms with Gasteiger partial charge in [-0.2, -0.15) is 0 Å². The molecule has 2 aliphatic carbocycles. The molecule has 5 unspecified atom stereocenters. The third kappa shape index (κ3) is 4.08. The van der Waals surface area contributed by atoms with Crippen LogP contribution in [0, 0.1) is 17.8 Å². The molecule has 7 nitrogen and oxygen atoms in total. The number of aromatic nitrogens is 3. The molecule has 1 aromatic carbocycles. The Balaban J connectivity index is 1.37. The van der Waals surface area contributed by atoms with Crippen molar-refractivity contribution in [3.05, 3.63) is 24.3 Å². The van der Waals surface area contributed by atoms with Crippen LogP contribution in [0.4, 0.5) is 0 Å². The van der Waals surface area contributed by atoms with Gasteiger partial charge in [0.2, 0.25) is 11.1 Å². The molecule has 0 spiro atoms. The summed E-state index contributed by atoms with van der Waals surface area (Å²) in [5, 5.41) is 11.8. The van der Waals surface area contributed by atoms with Crippen molar-refractivity contribution in [2.75, 3.05) is 13.0 Å². The molecule has 0 aliphatic heterocycles. The summed E-state index contributed by atoms with van der Waals surface area (Å²) in [6.07, 6.45) is 5.30. The van der Waals surface area contributed by atoms with Crippen LogP contribution in [-0.2, 0) is 4.79 Å². The second-order valence-corrected chi connectivity index (χ2v) is 9.61. The Morgan fingerprint density at radius 3 is 2.62 bits per heavy atom. The summed E-state index contributed by atoms with van der Waals surface area (Å²) in [5.41, 5.74) is 0.842. The lowest BCUT2D eigenvalue weighted by Gasteiger charge is -2.29. The predicted octanol–water partition coefficient (Wildman–Crippen LogP) is 3.09. The van der Waals surface area contributed by atoms with E-state index in [0.29, 0.717) is 16.9 Å². The fourth-order valence-electron chi connectivity index (χ4n) is 4.86. The average Bonchev–Trinajstić information content (AvgIpc) is 3.45. The van der Waals surface area contributed by atoms with E-state index in [4.69, 9.17) is 10.6 Å². The molecule has 8 heteroatoms. The molecule has 2 aliphatic rings. The van der Waals surface area contributed by atoms with Gasteiger partial charge in [-0.15, -0.1) is 10.2 Å². The molecule has 156 valence electrons. The Morgan fingerprint density at radius 1 is 1.24 bits per heavy atom. The Labute approximate surface area is 175 Å². The number of thioether (sulfide) groups is 1. The molecule has 0 saturated heterocycles. The van der Waals surface area contributed by atoms with Crippen molar-refractivity contribution < 1.29 is 9.53 Å². The van der Waals surface area contributed by atoms with Crippen LogP contribution in [-0.4, -0.2) is 39.2 Å². The number of nitrogens with two attached hydrogens (primary N) is 1. The van der Waals surface area contributed by atoms with Gasteiger partial charge in [-0.3, -0.25) is 4.79 Å². The van der Waals surface area contributed by atoms with E-state index in [0.717, 1.165) is 23.1 Å². The van der Waals surface area contributed by atoms with Gasteiger partial charge in [-0.05, 0) is 75.1 Å². The monoisotopic (exact) mass is 415 g/mol. The van der Waals surface area contributed by atoms with Gasteiger partial charge in [0.25, 0.3) is 0 Å². The van der Waals surface area contributed by atoms with E-state index >= 15 is 0 Å². The van der Waals surface area contributed by atoms with Crippen LogP contribution in [0.3, 0.4) is 0 Å². The number of nitrogens with one attached hydrogen (secondary N) is 1. The third-order valence-electron chi connectivity index (χ3n) is 6.47. The minimum absolute atomic E-state index is 0.0271. The first-order valence-electron chi connectivity index (χ1n) is 10.3. The van der Waals surface area contributed by atoms with E-state index < -0.39 is 0 Å². The number of rotatable bonds is 7. The summed E-state index contributed by atoms with van der Waals surface area (Å²) in [6.45, 7) is 4.03. The Kier molecular flexibility index (Phi) is 5.72. The van der Waals surface area contributed by atoms with Crippen molar-refractivity contribution in [2.45, 2.75) is 56.0 Å². The van der Waals surface area contributed by atoms with Crippen LogP contribution in [0.25, 0.3) is 11.4 Å². The van der Waals surface area contributed by atoms with E-state index in [-0.39, 0.29) is 17.2 Å².